The molecule has 0 atom stereocenters. The van der Waals surface area contributed by atoms with Gasteiger partial charge in [0, 0.05) is 0 Å². The summed E-state index contributed by atoms with van der Waals surface area (Å²) < 4.78 is 11.2. The smallest absolute Gasteiger partial charge is 0.439 e. The van der Waals surface area contributed by atoms with Crippen LogP contribution >= 0.6 is 22.9 Å². The molecule has 0 aliphatic heterocycles. The highest BCUT2D eigenvalue weighted by Crippen LogP contribution is 2.47. The van der Waals surface area contributed by atoms with Gasteiger partial charge in [-0.25, -0.2) is 9.78 Å². The van der Waals surface area contributed by atoms with Crippen molar-refractivity contribution >= 4 is 56.5 Å². The number of aromatic nitrogens is 3. The van der Waals surface area contributed by atoms with Crippen LogP contribution in [0.5, 0.6) is 5.75 Å². The molecule has 0 bridgehead atoms. The Morgan fingerprint density at radius 3 is 2.58 bits per heavy atom. The van der Waals surface area contributed by atoms with Crippen molar-refractivity contribution in [3.05, 3.63) is 110 Å². The number of thiazole rings is 1. The minimum Gasteiger partial charge on any atom is -0.497 e. The zero-order valence-corrected chi connectivity index (χ0v) is 22.2. The number of allylic oxidation sites excluding steroid dienone is 1. The van der Waals surface area contributed by atoms with E-state index in [0.717, 1.165) is 56.6 Å². The number of methoxy groups -OCH3 is 1. The zero-order valence-electron chi connectivity index (χ0n) is 20.6. The van der Waals surface area contributed by atoms with Gasteiger partial charge in [-0.2, -0.15) is 0 Å². The number of nitrogens with one attached hydrogen (secondary N) is 1. The van der Waals surface area contributed by atoms with Crippen molar-refractivity contribution in [1.82, 2.24) is 15.1 Å². The number of rotatable bonds is 7. The molecule has 1 fully saturated rings. The van der Waals surface area contributed by atoms with Gasteiger partial charge < -0.3 is 4.74 Å². The Kier molecular flexibility index (Phi) is 6.70. The highest BCUT2D eigenvalue weighted by molar-refractivity contribution is 7.16. The van der Waals surface area contributed by atoms with E-state index in [1.165, 1.54) is 12.0 Å². The molecule has 2 aromatic heterocycles. The van der Waals surface area contributed by atoms with Crippen molar-refractivity contribution in [1.29, 1.82) is 0 Å². The van der Waals surface area contributed by atoms with Crippen LogP contribution in [-0.2, 0) is 0 Å². The van der Waals surface area contributed by atoms with Gasteiger partial charge in [-0.1, -0.05) is 59.6 Å². The maximum absolute atomic E-state index is 11.2. The molecule has 5 aromatic rings. The van der Waals surface area contributed by atoms with E-state index in [9.17, 15) is 4.79 Å². The molecule has 0 radical (unpaired) electrons. The highest BCUT2D eigenvalue weighted by Gasteiger charge is 2.28. The highest BCUT2D eigenvalue weighted by atomic mass is 35.5. The van der Waals surface area contributed by atoms with Crippen LogP contribution < -0.4 is 10.5 Å². The summed E-state index contributed by atoms with van der Waals surface area (Å²) in [5.74, 6) is 0.942. The monoisotopic (exact) mass is 541 g/mol. The van der Waals surface area contributed by atoms with Crippen LogP contribution in [0.25, 0.3) is 33.5 Å². The third-order valence-electron chi connectivity index (χ3n) is 6.96. The van der Waals surface area contributed by atoms with E-state index in [1.54, 1.807) is 24.5 Å². The van der Waals surface area contributed by atoms with E-state index in [4.69, 9.17) is 16.3 Å². The predicted molar refractivity (Wildman–Crippen MR) is 153 cm³/mol. The molecule has 1 N–H and O–H groups in total. The van der Waals surface area contributed by atoms with Crippen molar-refractivity contribution in [2.75, 3.05) is 7.11 Å². The number of nitrogens with zero attached hydrogens (tertiary/aromatic N) is 2. The van der Waals surface area contributed by atoms with E-state index >= 15 is 0 Å². The third kappa shape index (κ3) is 4.83. The fourth-order valence-electron chi connectivity index (χ4n) is 4.84. The van der Waals surface area contributed by atoms with E-state index in [2.05, 4.69) is 68.2 Å². The van der Waals surface area contributed by atoms with Gasteiger partial charge in [0.2, 0.25) is 0 Å². The Balaban J connectivity index is 1.51. The molecule has 1 saturated carbocycles. The van der Waals surface area contributed by atoms with Gasteiger partial charge in [-0.05, 0) is 88.6 Å². The Hall–Kier alpha value is -3.94. The van der Waals surface area contributed by atoms with Crippen LogP contribution in [0.3, 0.4) is 0 Å². The third-order valence-corrected chi connectivity index (χ3v) is 8.08. The predicted octanol–water partition coefficient (Wildman–Crippen LogP) is 7.56. The van der Waals surface area contributed by atoms with Crippen molar-refractivity contribution in [2.24, 2.45) is 5.92 Å². The second-order valence-electron chi connectivity index (χ2n) is 9.23. The average molecular weight is 542 g/mol. The molecule has 38 heavy (non-hydrogen) atoms. The van der Waals surface area contributed by atoms with E-state index < -0.39 is 5.76 Å². The van der Waals surface area contributed by atoms with Crippen LogP contribution in [-0.4, -0.2) is 22.2 Å². The minimum absolute atomic E-state index is 0.373. The molecule has 8 heteroatoms. The lowest BCUT2D eigenvalue weighted by atomic mass is 9.73. The van der Waals surface area contributed by atoms with Gasteiger partial charge in [0.05, 0.1) is 27.9 Å². The minimum atomic E-state index is -0.576. The van der Waals surface area contributed by atoms with Crippen LogP contribution in [0.4, 0.5) is 0 Å². The van der Waals surface area contributed by atoms with Crippen LogP contribution in [0.2, 0.25) is 5.02 Å². The van der Waals surface area contributed by atoms with E-state index in [0.29, 0.717) is 16.8 Å². The van der Waals surface area contributed by atoms with Crippen LogP contribution in [0.15, 0.2) is 75.5 Å². The molecule has 6 rings (SSSR count). The fourth-order valence-corrected chi connectivity index (χ4v) is 5.77. The first-order valence-corrected chi connectivity index (χ1v) is 13.6. The molecule has 190 valence electrons. The number of hydrogen-bond acceptors (Lipinski definition) is 6. The number of H-pyrrole nitrogens is 1. The molecule has 1 aliphatic carbocycles. The normalized spacial score (nSPS) is 14.6. The van der Waals surface area contributed by atoms with Gasteiger partial charge in [-0.15, -0.1) is 11.3 Å². The summed E-state index contributed by atoms with van der Waals surface area (Å²) in [5.41, 5.74) is 9.49. The molecule has 0 unspecified atom stereocenters. The lowest BCUT2D eigenvalue weighted by molar-refractivity contribution is 0.385. The molecule has 3 aromatic carbocycles. The Morgan fingerprint density at radius 1 is 1.08 bits per heavy atom. The fraction of sp³-hybridized carbons (Fsp3) is 0.167. The molecule has 1 aliphatic rings. The first-order chi connectivity index (χ1) is 18.6. The summed E-state index contributed by atoms with van der Waals surface area (Å²) in [6.07, 6.45) is 7.04. The molecule has 6 nitrogen and oxygen atoms in total. The van der Waals surface area contributed by atoms with Gasteiger partial charge in [-0.3, -0.25) is 9.51 Å². The summed E-state index contributed by atoms with van der Waals surface area (Å²) in [7, 11) is 1.65. The summed E-state index contributed by atoms with van der Waals surface area (Å²) in [6, 6.07) is 20.8. The lowest BCUT2D eigenvalue weighted by Crippen LogP contribution is -2.15. The number of ether oxygens (including phenoxy) is 1. The number of aromatic amines is 1. The zero-order chi connectivity index (χ0) is 26.1. The molecule has 2 heterocycles. The summed E-state index contributed by atoms with van der Waals surface area (Å²) >= 11 is 8.52. The first kappa shape index (κ1) is 24.4. The van der Waals surface area contributed by atoms with Crippen LogP contribution in [0.1, 0.15) is 47.3 Å². The van der Waals surface area contributed by atoms with Crippen LogP contribution in [0, 0.1) is 5.92 Å². The molecular formula is C30H24ClN3O3S. The number of hydrogen-bond donors (Lipinski definition) is 1. The largest absolute Gasteiger partial charge is 0.497 e. The number of fused-ring (bicyclic) bond motifs is 1. The van der Waals surface area contributed by atoms with Gasteiger partial charge in [0.25, 0.3) is 0 Å². The van der Waals surface area contributed by atoms with Crippen molar-refractivity contribution in [2.45, 2.75) is 19.3 Å². The van der Waals surface area contributed by atoms with Crippen molar-refractivity contribution in [3.63, 3.8) is 0 Å². The SMILES string of the molecule is COc1ccc(C(=C(c2ccc(C=Cc3noc(=O)[nH]3)cc2)c2ccc3scnc3c2)C2CCC2)c(Cl)c1. The molecular weight excluding hydrogens is 518 g/mol. The summed E-state index contributed by atoms with van der Waals surface area (Å²) in [5, 5.41) is 4.37. The van der Waals surface area contributed by atoms with Crippen molar-refractivity contribution < 1.29 is 9.26 Å². The van der Waals surface area contributed by atoms with Gasteiger partial charge in [0.15, 0.2) is 5.82 Å². The Labute approximate surface area is 228 Å². The first-order valence-electron chi connectivity index (χ1n) is 12.4. The second kappa shape index (κ2) is 10.4. The van der Waals surface area contributed by atoms with Gasteiger partial charge in [0.1, 0.15) is 5.75 Å². The topological polar surface area (TPSA) is 81.0 Å². The standard InChI is InChI=1S/C30H24ClN3O3S/c1-36-22-11-12-23(24(31)16-22)29(19-3-2-4-19)28(21-10-13-26-25(15-21)32-17-38-26)20-8-5-18(6-9-20)7-14-27-33-30(35)37-34-27/h5-17,19H,2-4H2,1H3,(H,33,34,35). The Bertz CT molecular complexity index is 1730. The van der Waals surface area contributed by atoms with E-state index in [1.807, 2.05) is 23.7 Å². The summed E-state index contributed by atoms with van der Waals surface area (Å²) in [6.45, 7) is 0. The maximum atomic E-state index is 11.2. The Morgan fingerprint density at radius 2 is 1.89 bits per heavy atom. The molecule has 0 spiro atoms. The van der Waals surface area contributed by atoms with Gasteiger partial charge >= 0.3 is 5.76 Å². The molecule has 0 saturated heterocycles. The number of benzene rings is 3. The quantitative estimate of drug-likeness (QED) is 0.215. The molecule has 0 amide bonds. The summed E-state index contributed by atoms with van der Waals surface area (Å²) in [4.78, 5) is 18.3. The second-order valence-corrected chi connectivity index (χ2v) is 10.5. The lowest BCUT2D eigenvalue weighted by Gasteiger charge is -2.32. The number of halogens is 1. The van der Waals surface area contributed by atoms with E-state index in [-0.39, 0.29) is 0 Å². The maximum Gasteiger partial charge on any atom is 0.439 e. The van der Waals surface area contributed by atoms with Crippen molar-refractivity contribution in [3.8, 4) is 5.75 Å². The average Bonchev–Trinajstić information content (AvgIpc) is 3.55.